The lowest BCUT2D eigenvalue weighted by molar-refractivity contribution is -0.119. The van der Waals surface area contributed by atoms with E-state index in [4.69, 9.17) is 0 Å². The second-order valence-electron chi connectivity index (χ2n) is 6.41. The minimum Gasteiger partial charge on any atom is -0.345 e. The molecule has 0 aliphatic heterocycles. The van der Waals surface area contributed by atoms with E-state index in [2.05, 4.69) is 21.2 Å². The quantitative estimate of drug-likeness (QED) is 0.812. The third kappa shape index (κ3) is 3.93. The van der Waals surface area contributed by atoms with Crippen LogP contribution in [-0.2, 0) is 4.79 Å². The van der Waals surface area contributed by atoms with Gasteiger partial charge in [-0.3, -0.25) is 9.59 Å². The third-order valence-corrected chi connectivity index (χ3v) is 5.21. The van der Waals surface area contributed by atoms with Crippen LogP contribution in [0, 0.1) is 5.92 Å². The molecule has 2 amide bonds. The Kier molecular flexibility index (Phi) is 5.23. The van der Waals surface area contributed by atoms with Crippen LogP contribution in [-0.4, -0.2) is 18.9 Å². The van der Waals surface area contributed by atoms with Gasteiger partial charge in [0.1, 0.15) is 0 Å². The third-order valence-electron chi connectivity index (χ3n) is 4.49. The number of nitrogens with zero attached hydrogens (tertiary/aromatic N) is 1. The predicted octanol–water partition coefficient (Wildman–Crippen LogP) is 4.31. The maximum Gasteiger partial charge on any atom is 0.253 e. The van der Waals surface area contributed by atoms with Crippen molar-refractivity contribution in [1.29, 1.82) is 0 Å². The lowest BCUT2D eigenvalue weighted by Crippen LogP contribution is -2.32. The van der Waals surface area contributed by atoms with E-state index in [1.54, 1.807) is 18.0 Å². The van der Waals surface area contributed by atoms with Crippen molar-refractivity contribution in [3.63, 3.8) is 0 Å². The van der Waals surface area contributed by atoms with E-state index < -0.39 is 0 Å². The van der Waals surface area contributed by atoms with Crippen LogP contribution in [0.4, 0.5) is 5.69 Å². The largest absolute Gasteiger partial charge is 0.345 e. The first kappa shape index (κ1) is 17.7. The second kappa shape index (κ2) is 7.40. The number of rotatable bonds is 5. The van der Waals surface area contributed by atoms with Crippen LogP contribution in [0.5, 0.6) is 0 Å². The number of nitrogens with one attached hydrogen (secondary N) is 1. The summed E-state index contributed by atoms with van der Waals surface area (Å²) >= 11 is 3.52. The molecule has 2 aromatic carbocycles. The van der Waals surface area contributed by atoms with Gasteiger partial charge in [0.05, 0.1) is 17.3 Å². The smallest absolute Gasteiger partial charge is 0.253 e. The van der Waals surface area contributed by atoms with E-state index in [9.17, 15) is 9.59 Å². The van der Waals surface area contributed by atoms with Crippen LogP contribution in [0.25, 0.3) is 0 Å². The molecule has 1 saturated carbocycles. The van der Waals surface area contributed by atoms with Gasteiger partial charge < -0.3 is 10.2 Å². The minimum absolute atomic E-state index is 0.0825. The molecule has 0 radical (unpaired) electrons. The molecule has 5 heteroatoms. The van der Waals surface area contributed by atoms with Gasteiger partial charge in [-0.25, -0.2) is 0 Å². The number of para-hydroxylation sites is 1. The van der Waals surface area contributed by atoms with Crippen molar-refractivity contribution in [3.8, 4) is 0 Å². The van der Waals surface area contributed by atoms with Crippen LogP contribution in [0.15, 0.2) is 53.0 Å². The number of carbonyl (C=O) groups is 2. The molecule has 0 aromatic heterocycles. The van der Waals surface area contributed by atoms with Gasteiger partial charge >= 0.3 is 0 Å². The van der Waals surface area contributed by atoms with Gasteiger partial charge in [-0.05, 0) is 43.5 Å². The summed E-state index contributed by atoms with van der Waals surface area (Å²) in [5.74, 6) is 0.00807. The zero-order valence-corrected chi connectivity index (χ0v) is 15.9. The number of anilines is 1. The molecule has 1 aliphatic rings. The first-order valence-corrected chi connectivity index (χ1v) is 9.20. The van der Waals surface area contributed by atoms with Gasteiger partial charge in [-0.15, -0.1) is 0 Å². The topological polar surface area (TPSA) is 49.4 Å². The highest BCUT2D eigenvalue weighted by molar-refractivity contribution is 9.10. The first-order chi connectivity index (χ1) is 12.0. The van der Waals surface area contributed by atoms with E-state index in [-0.39, 0.29) is 23.8 Å². The van der Waals surface area contributed by atoms with Crippen LogP contribution in [0.3, 0.4) is 0 Å². The van der Waals surface area contributed by atoms with Crippen molar-refractivity contribution in [2.45, 2.75) is 25.8 Å². The van der Waals surface area contributed by atoms with Gasteiger partial charge in [-0.2, -0.15) is 0 Å². The Morgan fingerprint density at radius 3 is 2.44 bits per heavy atom. The van der Waals surface area contributed by atoms with Gasteiger partial charge in [0.2, 0.25) is 5.91 Å². The Bertz CT molecular complexity index is 802. The summed E-state index contributed by atoms with van der Waals surface area (Å²) in [7, 11) is 1.74. The number of benzene rings is 2. The number of hydrogen-bond donors (Lipinski definition) is 1. The maximum atomic E-state index is 12.8. The molecule has 0 heterocycles. The summed E-state index contributed by atoms with van der Waals surface area (Å²) in [6.07, 6.45) is 1.88. The van der Waals surface area contributed by atoms with Crippen LogP contribution >= 0.6 is 15.9 Å². The standard InChI is InChI=1S/C20H21BrN2O2/c1-13(15-7-3-5-9-17(15)21)22-19(24)16-8-4-6-10-18(16)23(2)20(25)14-11-12-14/h3-10,13-14H,11-12H2,1-2H3,(H,22,24)/t13-/m1/s1. The average molecular weight is 401 g/mol. The fourth-order valence-corrected chi connectivity index (χ4v) is 3.49. The normalized spacial score (nSPS) is 14.7. The van der Waals surface area contributed by atoms with E-state index in [0.29, 0.717) is 11.3 Å². The maximum absolute atomic E-state index is 12.8. The zero-order valence-electron chi connectivity index (χ0n) is 14.3. The van der Waals surface area contributed by atoms with Crippen LogP contribution in [0.1, 0.15) is 41.7 Å². The number of hydrogen-bond acceptors (Lipinski definition) is 2. The molecular formula is C20H21BrN2O2. The van der Waals surface area contributed by atoms with E-state index in [0.717, 1.165) is 22.9 Å². The van der Waals surface area contributed by atoms with Crippen molar-refractivity contribution in [1.82, 2.24) is 5.32 Å². The van der Waals surface area contributed by atoms with Crippen molar-refractivity contribution in [2.75, 3.05) is 11.9 Å². The van der Waals surface area contributed by atoms with Crippen LogP contribution < -0.4 is 10.2 Å². The second-order valence-corrected chi connectivity index (χ2v) is 7.26. The predicted molar refractivity (Wildman–Crippen MR) is 103 cm³/mol. The molecule has 3 rings (SSSR count). The molecule has 130 valence electrons. The lowest BCUT2D eigenvalue weighted by Gasteiger charge is -2.22. The molecule has 1 atom stereocenters. The summed E-state index contributed by atoms with van der Waals surface area (Å²) in [4.78, 5) is 26.8. The summed E-state index contributed by atoms with van der Waals surface area (Å²) in [6.45, 7) is 1.94. The molecule has 2 aromatic rings. The molecule has 0 saturated heterocycles. The zero-order chi connectivity index (χ0) is 18.0. The molecule has 0 bridgehead atoms. The van der Waals surface area contributed by atoms with Crippen molar-refractivity contribution in [3.05, 3.63) is 64.1 Å². The number of halogens is 1. The van der Waals surface area contributed by atoms with Crippen molar-refractivity contribution in [2.24, 2.45) is 5.92 Å². The SMILES string of the molecule is C[C@@H](NC(=O)c1ccccc1N(C)C(=O)C1CC1)c1ccccc1Br. The van der Waals surface area contributed by atoms with E-state index in [1.807, 2.05) is 49.4 Å². The number of carbonyl (C=O) groups excluding carboxylic acids is 2. The Morgan fingerprint density at radius 2 is 1.76 bits per heavy atom. The summed E-state index contributed by atoms with van der Waals surface area (Å²) < 4.78 is 0.956. The van der Waals surface area contributed by atoms with Gasteiger partial charge in [0.15, 0.2) is 0 Å². The summed E-state index contributed by atoms with van der Waals surface area (Å²) in [5, 5.41) is 3.03. The van der Waals surface area contributed by atoms with Crippen molar-refractivity contribution >= 4 is 33.4 Å². The molecule has 1 aliphatic carbocycles. The highest BCUT2D eigenvalue weighted by Gasteiger charge is 2.33. The van der Waals surface area contributed by atoms with Crippen LogP contribution in [0.2, 0.25) is 0 Å². The molecule has 0 spiro atoms. The molecule has 0 unspecified atom stereocenters. The summed E-state index contributed by atoms with van der Waals surface area (Å²) in [5.41, 5.74) is 2.17. The monoisotopic (exact) mass is 400 g/mol. The Hall–Kier alpha value is -2.14. The Morgan fingerprint density at radius 1 is 1.12 bits per heavy atom. The Labute approximate surface area is 156 Å². The first-order valence-electron chi connectivity index (χ1n) is 8.41. The lowest BCUT2D eigenvalue weighted by atomic mass is 10.1. The minimum atomic E-state index is -0.186. The van der Waals surface area contributed by atoms with E-state index in [1.165, 1.54) is 0 Å². The fourth-order valence-electron chi connectivity index (χ4n) is 2.86. The van der Waals surface area contributed by atoms with Crippen molar-refractivity contribution < 1.29 is 9.59 Å². The Balaban J connectivity index is 1.80. The fraction of sp³-hybridized carbons (Fsp3) is 0.300. The van der Waals surface area contributed by atoms with E-state index >= 15 is 0 Å². The highest BCUT2D eigenvalue weighted by Crippen LogP contribution is 2.33. The number of amides is 2. The molecule has 1 N–H and O–H groups in total. The van der Waals surface area contributed by atoms with Gasteiger partial charge in [0, 0.05) is 17.4 Å². The van der Waals surface area contributed by atoms with Gasteiger partial charge in [-0.1, -0.05) is 46.3 Å². The summed E-state index contributed by atoms with van der Waals surface area (Å²) in [6, 6.07) is 14.9. The average Bonchev–Trinajstić information content (AvgIpc) is 3.45. The highest BCUT2D eigenvalue weighted by atomic mass is 79.9. The van der Waals surface area contributed by atoms with Gasteiger partial charge in [0.25, 0.3) is 5.91 Å². The molecular weight excluding hydrogens is 380 g/mol. The molecule has 1 fully saturated rings. The molecule has 25 heavy (non-hydrogen) atoms. The molecule has 4 nitrogen and oxygen atoms in total.